The molecule has 2 rings (SSSR count). The molecule has 0 aliphatic carbocycles. The van der Waals surface area contributed by atoms with Gasteiger partial charge < -0.3 is 9.67 Å². The number of nitrogens with zero attached hydrogens (tertiary/aromatic N) is 2. The van der Waals surface area contributed by atoms with Gasteiger partial charge in [0.15, 0.2) is 0 Å². The van der Waals surface area contributed by atoms with Crippen LogP contribution in [0, 0.1) is 5.82 Å². The van der Waals surface area contributed by atoms with E-state index in [1.165, 1.54) is 12.1 Å². The summed E-state index contributed by atoms with van der Waals surface area (Å²) in [5, 5.41) is 9.18. The fourth-order valence-electron chi connectivity index (χ4n) is 1.30. The van der Waals surface area contributed by atoms with Crippen molar-refractivity contribution in [2.24, 2.45) is 7.05 Å². The smallest absolute Gasteiger partial charge is 0.229 e. The quantitative estimate of drug-likeness (QED) is 0.835. The molecule has 0 radical (unpaired) electrons. The number of aryl methyl sites for hydroxylation is 1. The summed E-state index contributed by atoms with van der Waals surface area (Å²) in [6, 6.07) is 6.31. The molecule has 0 spiro atoms. The molecule has 84 valence electrons. The van der Waals surface area contributed by atoms with Crippen LogP contribution in [-0.2, 0) is 12.8 Å². The molecular weight excluding hydrogens is 227 g/mol. The van der Waals surface area contributed by atoms with E-state index in [9.17, 15) is 9.50 Å². The van der Waals surface area contributed by atoms with E-state index >= 15 is 0 Å². The average molecular weight is 238 g/mol. The Morgan fingerprint density at radius 3 is 2.62 bits per heavy atom. The Labute approximate surface area is 96.9 Å². The van der Waals surface area contributed by atoms with Crippen molar-refractivity contribution >= 4 is 11.8 Å². The maximum absolute atomic E-state index is 12.7. The second-order valence-corrected chi connectivity index (χ2v) is 4.42. The van der Waals surface area contributed by atoms with E-state index in [0.717, 1.165) is 10.7 Å². The standard InChI is InChI=1S/C11H11FN2OS/c1-14-6-11(15)13-10(14)7-16-9-4-2-8(12)3-5-9/h2-6,15H,7H2,1H3. The lowest BCUT2D eigenvalue weighted by Gasteiger charge is -2.01. The molecule has 3 nitrogen and oxygen atoms in total. The van der Waals surface area contributed by atoms with Gasteiger partial charge in [-0.25, -0.2) is 4.39 Å². The van der Waals surface area contributed by atoms with Crippen LogP contribution >= 0.6 is 11.8 Å². The predicted octanol–water partition coefficient (Wildman–Crippen LogP) is 2.56. The molecule has 0 unspecified atom stereocenters. The number of aromatic nitrogens is 2. The number of thioether (sulfide) groups is 1. The molecule has 0 bridgehead atoms. The van der Waals surface area contributed by atoms with E-state index < -0.39 is 0 Å². The van der Waals surface area contributed by atoms with Gasteiger partial charge in [0.1, 0.15) is 11.6 Å². The molecule has 0 saturated carbocycles. The maximum atomic E-state index is 12.7. The molecule has 5 heteroatoms. The molecule has 0 fully saturated rings. The van der Waals surface area contributed by atoms with Gasteiger partial charge in [-0.15, -0.1) is 11.8 Å². The third-order valence-corrected chi connectivity index (χ3v) is 3.15. The van der Waals surface area contributed by atoms with E-state index in [-0.39, 0.29) is 11.7 Å². The van der Waals surface area contributed by atoms with Gasteiger partial charge in [-0.2, -0.15) is 4.98 Å². The third kappa shape index (κ3) is 2.55. The van der Waals surface area contributed by atoms with E-state index in [4.69, 9.17) is 0 Å². The minimum Gasteiger partial charge on any atom is -0.492 e. The number of imidazole rings is 1. The van der Waals surface area contributed by atoms with Crippen LogP contribution in [-0.4, -0.2) is 14.7 Å². The highest BCUT2D eigenvalue weighted by Gasteiger charge is 2.04. The lowest BCUT2D eigenvalue weighted by Crippen LogP contribution is -1.94. The summed E-state index contributed by atoms with van der Waals surface area (Å²) in [5.41, 5.74) is 0. The van der Waals surface area contributed by atoms with Crippen molar-refractivity contribution < 1.29 is 9.50 Å². The first kappa shape index (κ1) is 11.0. The Kier molecular flexibility index (Phi) is 3.14. The first-order valence-corrected chi connectivity index (χ1v) is 5.73. The van der Waals surface area contributed by atoms with Gasteiger partial charge in [-0.3, -0.25) is 0 Å². The third-order valence-electron chi connectivity index (χ3n) is 2.14. The highest BCUT2D eigenvalue weighted by molar-refractivity contribution is 7.98. The van der Waals surface area contributed by atoms with Crippen molar-refractivity contribution in [1.29, 1.82) is 0 Å². The van der Waals surface area contributed by atoms with Gasteiger partial charge in [-0.1, -0.05) is 0 Å². The Balaban J connectivity index is 2.02. The Bertz CT molecular complexity index is 481. The van der Waals surface area contributed by atoms with Gasteiger partial charge in [0.05, 0.1) is 11.9 Å². The number of benzene rings is 1. The molecule has 1 N–H and O–H groups in total. The monoisotopic (exact) mass is 238 g/mol. The fourth-order valence-corrected chi connectivity index (χ4v) is 2.19. The van der Waals surface area contributed by atoms with Crippen LogP contribution in [0.15, 0.2) is 35.4 Å². The zero-order chi connectivity index (χ0) is 11.5. The Morgan fingerprint density at radius 2 is 2.06 bits per heavy atom. The summed E-state index contributed by atoms with van der Waals surface area (Å²) in [7, 11) is 1.83. The minimum absolute atomic E-state index is 0.0252. The summed E-state index contributed by atoms with van der Waals surface area (Å²) in [4.78, 5) is 4.94. The maximum Gasteiger partial charge on any atom is 0.229 e. The van der Waals surface area contributed by atoms with Crippen LogP contribution in [0.1, 0.15) is 5.82 Å². The van der Waals surface area contributed by atoms with Crippen LogP contribution in [0.25, 0.3) is 0 Å². The molecule has 0 aliphatic rings. The molecule has 1 aromatic heterocycles. The van der Waals surface area contributed by atoms with Crippen molar-refractivity contribution in [3.63, 3.8) is 0 Å². The topological polar surface area (TPSA) is 38.0 Å². The van der Waals surface area contributed by atoms with Crippen molar-refractivity contribution in [3.05, 3.63) is 42.1 Å². The van der Waals surface area contributed by atoms with Crippen LogP contribution in [0.2, 0.25) is 0 Å². The number of aromatic hydroxyl groups is 1. The summed E-state index contributed by atoms with van der Waals surface area (Å²) >= 11 is 1.55. The molecule has 1 heterocycles. The zero-order valence-corrected chi connectivity index (χ0v) is 9.54. The predicted molar refractivity (Wildman–Crippen MR) is 60.8 cm³/mol. The molecule has 16 heavy (non-hydrogen) atoms. The summed E-state index contributed by atoms with van der Waals surface area (Å²) in [6.07, 6.45) is 1.56. The summed E-state index contributed by atoms with van der Waals surface area (Å²) < 4.78 is 14.4. The molecule has 0 amide bonds. The lowest BCUT2D eigenvalue weighted by atomic mass is 10.4. The van der Waals surface area contributed by atoms with Crippen LogP contribution in [0.4, 0.5) is 4.39 Å². The van der Waals surface area contributed by atoms with E-state index in [2.05, 4.69) is 4.98 Å². The molecule has 0 aliphatic heterocycles. The summed E-state index contributed by atoms with van der Waals surface area (Å²) in [6.45, 7) is 0. The second-order valence-electron chi connectivity index (χ2n) is 3.37. The number of halogens is 1. The van der Waals surface area contributed by atoms with Crippen molar-refractivity contribution in [1.82, 2.24) is 9.55 Å². The molecular formula is C11H11FN2OS. The van der Waals surface area contributed by atoms with Gasteiger partial charge in [-0.05, 0) is 24.3 Å². The van der Waals surface area contributed by atoms with Crippen molar-refractivity contribution in [2.75, 3.05) is 0 Å². The van der Waals surface area contributed by atoms with Crippen molar-refractivity contribution in [3.8, 4) is 5.88 Å². The average Bonchev–Trinajstić information content (AvgIpc) is 2.57. The zero-order valence-electron chi connectivity index (χ0n) is 8.72. The number of hydrogen-bond donors (Lipinski definition) is 1. The highest BCUT2D eigenvalue weighted by Crippen LogP contribution is 2.23. The Morgan fingerprint density at radius 1 is 1.38 bits per heavy atom. The number of hydrogen-bond acceptors (Lipinski definition) is 3. The van der Waals surface area contributed by atoms with E-state index in [1.807, 2.05) is 7.05 Å². The fraction of sp³-hybridized carbons (Fsp3) is 0.182. The lowest BCUT2D eigenvalue weighted by molar-refractivity contribution is 0.455. The largest absolute Gasteiger partial charge is 0.492 e. The van der Waals surface area contributed by atoms with Gasteiger partial charge in [0.25, 0.3) is 0 Å². The van der Waals surface area contributed by atoms with Crippen molar-refractivity contribution in [2.45, 2.75) is 10.6 Å². The Hall–Kier alpha value is -1.49. The van der Waals surface area contributed by atoms with Gasteiger partial charge >= 0.3 is 0 Å². The van der Waals surface area contributed by atoms with Crippen LogP contribution in [0.3, 0.4) is 0 Å². The van der Waals surface area contributed by atoms with E-state index in [1.54, 1.807) is 34.7 Å². The molecule has 2 aromatic rings. The molecule has 0 atom stereocenters. The normalized spacial score (nSPS) is 10.6. The second kappa shape index (κ2) is 4.57. The minimum atomic E-state index is -0.237. The van der Waals surface area contributed by atoms with Crippen LogP contribution in [0.5, 0.6) is 5.88 Å². The van der Waals surface area contributed by atoms with E-state index in [0.29, 0.717) is 5.75 Å². The molecule has 1 aromatic carbocycles. The van der Waals surface area contributed by atoms with Gasteiger partial charge in [0, 0.05) is 11.9 Å². The first-order chi connectivity index (χ1) is 7.65. The van der Waals surface area contributed by atoms with Crippen LogP contribution < -0.4 is 0 Å². The number of rotatable bonds is 3. The summed E-state index contributed by atoms with van der Waals surface area (Å²) in [5.74, 6) is 1.21. The van der Waals surface area contributed by atoms with Gasteiger partial charge in [0.2, 0.25) is 5.88 Å². The first-order valence-electron chi connectivity index (χ1n) is 4.75. The SMILES string of the molecule is Cn1cc(O)nc1CSc1ccc(F)cc1. The molecule has 0 saturated heterocycles. The highest BCUT2D eigenvalue weighted by atomic mass is 32.2.